The van der Waals surface area contributed by atoms with Gasteiger partial charge in [-0.15, -0.1) is 0 Å². The highest BCUT2D eigenvalue weighted by Gasteiger charge is 2.31. The van der Waals surface area contributed by atoms with E-state index in [1.807, 2.05) is 6.92 Å². The topological polar surface area (TPSA) is 37.4 Å². The summed E-state index contributed by atoms with van der Waals surface area (Å²) in [5.41, 5.74) is 0.828. The lowest BCUT2D eigenvalue weighted by Crippen LogP contribution is -2.35. The molecule has 0 radical (unpaired) electrons. The minimum absolute atomic E-state index is 0.0381. The van der Waals surface area contributed by atoms with E-state index in [0.29, 0.717) is 18.0 Å². The summed E-state index contributed by atoms with van der Waals surface area (Å²) in [6.45, 7) is 3.28. The van der Waals surface area contributed by atoms with Crippen LogP contribution in [-0.4, -0.2) is 37.4 Å². The molecule has 1 atom stereocenters. The lowest BCUT2D eigenvalue weighted by atomic mass is 10.1. The molecule has 1 aromatic carbocycles. The van der Waals surface area contributed by atoms with Crippen molar-refractivity contribution in [1.82, 2.24) is 4.90 Å². The summed E-state index contributed by atoms with van der Waals surface area (Å²) >= 11 is 6.01. The summed E-state index contributed by atoms with van der Waals surface area (Å²) in [6, 6.07) is 4.36. The molecule has 0 aromatic heterocycles. The van der Waals surface area contributed by atoms with Gasteiger partial charge in [-0.25, -0.2) is 12.8 Å². The second kappa shape index (κ2) is 5.77. The van der Waals surface area contributed by atoms with Crippen molar-refractivity contribution in [2.45, 2.75) is 25.9 Å². The van der Waals surface area contributed by atoms with Crippen LogP contribution in [0.2, 0.25) is 5.02 Å². The Hall–Kier alpha value is -0.650. The average Bonchev–Trinajstić information content (AvgIpc) is 2.69. The first kappa shape index (κ1) is 14.8. The SMILES string of the molecule is CCN(Cc1ccc(F)cc1Cl)[C@H]1CCS(=O)(=O)C1. The summed E-state index contributed by atoms with van der Waals surface area (Å²) in [5, 5.41) is 0.388. The second-order valence-corrected chi connectivity index (χ2v) is 7.49. The fourth-order valence-electron chi connectivity index (χ4n) is 2.43. The Morgan fingerprint density at radius 1 is 1.47 bits per heavy atom. The molecule has 19 heavy (non-hydrogen) atoms. The molecule has 0 N–H and O–H groups in total. The number of nitrogens with zero attached hydrogens (tertiary/aromatic N) is 1. The van der Waals surface area contributed by atoms with Gasteiger partial charge in [-0.1, -0.05) is 24.6 Å². The van der Waals surface area contributed by atoms with Crippen LogP contribution in [0.1, 0.15) is 18.9 Å². The van der Waals surface area contributed by atoms with Gasteiger partial charge in [0.2, 0.25) is 0 Å². The van der Waals surface area contributed by atoms with Gasteiger partial charge >= 0.3 is 0 Å². The van der Waals surface area contributed by atoms with Gasteiger partial charge in [-0.2, -0.15) is 0 Å². The largest absolute Gasteiger partial charge is 0.295 e. The zero-order chi connectivity index (χ0) is 14.0. The number of hydrogen-bond acceptors (Lipinski definition) is 3. The van der Waals surface area contributed by atoms with E-state index in [1.54, 1.807) is 6.07 Å². The number of rotatable bonds is 4. The maximum atomic E-state index is 13.0. The van der Waals surface area contributed by atoms with Crippen LogP contribution in [0.5, 0.6) is 0 Å². The summed E-state index contributed by atoms with van der Waals surface area (Å²) in [5.74, 6) is 0.102. The maximum absolute atomic E-state index is 13.0. The molecule has 1 aromatic rings. The van der Waals surface area contributed by atoms with Crippen molar-refractivity contribution < 1.29 is 12.8 Å². The summed E-state index contributed by atoms with van der Waals surface area (Å²) in [7, 11) is -2.89. The van der Waals surface area contributed by atoms with E-state index in [4.69, 9.17) is 11.6 Å². The van der Waals surface area contributed by atoms with E-state index in [0.717, 1.165) is 12.1 Å². The minimum Gasteiger partial charge on any atom is -0.295 e. The summed E-state index contributed by atoms with van der Waals surface area (Å²) in [6.07, 6.45) is 0.662. The van der Waals surface area contributed by atoms with Crippen LogP contribution in [0.4, 0.5) is 4.39 Å². The Balaban J connectivity index is 2.11. The fourth-order valence-corrected chi connectivity index (χ4v) is 4.42. The molecular formula is C13H17ClFNO2S. The van der Waals surface area contributed by atoms with Crippen LogP contribution < -0.4 is 0 Å². The van der Waals surface area contributed by atoms with Gasteiger partial charge in [-0.3, -0.25) is 4.90 Å². The molecular weight excluding hydrogens is 289 g/mol. The van der Waals surface area contributed by atoms with E-state index >= 15 is 0 Å². The molecule has 0 spiro atoms. The zero-order valence-corrected chi connectivity index (χ0v) is 12.3. The van der Waals surface area contributed by atoms with Crippen LogP contribution in [0.25, 0.3) is 0 Å². The lowest BCUT2D eigenvalue weighted by Gasteiger charge is -2.26. The number of halogens is 2. The van der Waals surface area contributed by atoms with Crippen molar-refractivity contribution in [3.63, 3.8) is 0 Å². The van der Waals surface area contributed by atoms with Gasteiger partial charge in [0.1, 0.15) is 5.82 Å². The molecule has 0 amide bonds. The van der Waals surface area contributed by atoms with Crippen LogP contribution in [0, 0.1) is 5.82 Å². The molecule has 6 heteroatoms. The van der Waals surface area contributed by atoms with Gasteiger partial charge in [0.15, 0.2) is 9.84 Å². The smallest absolute Gasteiger partial charge is 0.151 e. The Kier molecular flexibility index (Phi) is 4.48. The van der Waals surface area contributed by atoms with Gasteiger partial charge < -0.3 is 0 Å². The standard InChI is InChI=1S/C13H17ClFNO2S/c1-2-16(12-5-6-19(17,18)9-12)8-10-3-4-11(15)7-13(10)14/h3-4,7,12H,2,5-6,8-9H2,1H3/t12-/m0/s1. The molecule has 1 aliphatic heterocycles. The summed E-state index contributed by atoms with van der Waals surface area (Å²) < 4.78 is 36.0. The van der Waals surface area contributed by atoms with E-state index < -0.39 is 9.84 Å². The van der Waals surface area contributed by atoms with Gasteiger partial charge in [0, 0.05) is 17.6 Å². The third-order valence-electron chi connectivity index (χ3n) is 3.52. The van der Waals surface area contributed by atoms with Crippen LogP contribution >= 0.6 is 11.6 Å². The predicted molar refractivity (Wildman–Crippen MR) is 74.6 cm³/mol. The van der Waals surface area contributed by atoms with E-state index in [2.05, 4.69) is 4.90 Å². The van der Waals surface area contributed by atoms with Crippen LogP contribution in [-0.2, 0) is 16.4 Å². The van der Waals surface area contributed by atoms with E-state index in [-0.39, 0.29) is 23.4 Å². The lowest BCUT2D eigenvalue weighted by molar-refractivity contribution is 0.215. The molecule has 106 valence electrons. The molecule has 3 nitrogen and oxygen atoms in total. The monoisotopic (exact) mass is 305 g/mol. The van der Waals surface area contributed by atoms with E-state index in [9.17, 15) is 12.8 Å². The number of sulfone groups is 1. The molecule has 0 unspecified atom stereocenters. The van der Waals surface area contributed by atoms with Gasteiger partial charge in [-0.05, 0) is 30.7 Å². The highest BCUT2D eigenvalue weighted by molar-refractivity contribution is 7.91. The Bertz CT molecular complexity index is 562. The Morgan fingerprint density at radius 2 is 2.21 bits per heavy atom. The van der Waals surface area contributed by atoms with Crippen molar-refractivity contribution in [2.24, 2.45) is 0 Å². The first-order valence-electron chi connectivity index (χ1n) is 6.29. The molecule has 0 saturated carbocycles. The minimum atomic E-state index is -2.89. The molecule has 1 fully saturated rings. The molecule has 1 saturated heterocycles. The normalized spacial score (nSPS) is 22.0. The maximum Gasteiger partial charge on any atom is 0.151 e. The second-order valence-electron chi connectivity index (χ2n) is 4.86. The first-order valence-corrected chi connectivity index (χ1v) is 8.49. The number of benzene rings is 1. The van der Waals surface area contributed by atoms with Crippen molar-refractivity contribution in [2.75, 3.05) is 18.1 Å². The average molecular weight is 306 g/mol. The number of hydrogen-bond donors (Lipinski definition) is 0. The Labute approximate surface area is 118 Å². The summed E-state index contributed by atoms with van der Waals surface area (Å²) in [4.78, 5) is 2.09. The van der Waals surface area contributed by atoms with E-state index in [1.165, 1.54) is 12.1 Å². The predicted octanol–water partition coefficient (Wildman–Crippen LogP) is 2.49. The van der Waals surface area contributed by atoms with Crippen molar-refractivity contribution in [3.05, 3.63) is 34.6 Å². The molecule has 2 rings (SSSR count). The van der Waals surface area contributed by atoms with Gasteiger partial charge in [0.05, 0.1) is 11.5 Å². The fraction of sp³-hybridized carbons (Fsp3) is 0.538. The van der Waals surface area contributed by atoms with Crippen molar-refractivity contribution in [1.29, 1.82) is 0 Å². The third-order valence-corrected chi connectivity index (χ3v) is 5.62. The molecule has 0 bridgehead atoms. The van der Waals surface area contributed by atoms with Crippen LogP contribution in [0.15, 0.2) is 18.2 Å². The molecule has 1 aliphatic rings. The highest BCUT2D eigenvalue weighted by Crippen LogP contribution is 2.23. The Morgan fingerprint density at radius 3 is 2.74 bits per heavy atom. The van der Waals surface area contributed by atoms with Gasteiger partial charge in [0.25, 0.3) is 0 Å². The zero-order valence-electron chi connectivity index (χ0n) is 10.8. The third kappa shape index (κ3) is 3.68. The van der Waals surface area contributed by atoms with Crippen LogP contribution in [0.3, 0.4) is 0 Å². The van der Waals surface area contributed by atoms with Crippen molar-refractivity contribution in [3.8, 4) is 0 Å². The van der Waals surface area contributed by atoms with Crippen molar-refractivity contribution >= 4 is 21.4 Å². The highest BCUT2D eigenvalue weighted by atomic mass is 35.5. The molecule has 1 heterocycles. The quantitative estimate of drug-likeness (QED) is 0.857. The molecule has 0 aliphatic carbocycles. The first-order chi connectivity index (χ1) is 8.91.